The maximum absolute atomic E-state index is 6.05. The van der Waals surface area contributed by atoms with Crippen molar-refractivity contribution in [3.05, 3.63) is 93.7 Å². The number of aryl methyl sites for hydroxylation is 1. The highest BCUT2D eigenvalue weighted by Gasteiger charge is 2.10. The van der Waals surface area contributed by atoms with Gasteiger partial charge >= 0.3 is 0 Å². The van der Waals surface area contributed by atoms with Crippen molar-refractivity contribution >= 4 is 28.8 Å². The molecule has 0 fully saturated rings. The molecule has 4 rings (SSSR count). The van der Waals surface area contributed by atoms with E-state index in [1.165, 1.54) is 0 Å². The largest absolute Gasteiger partial charge is 0.285 e. The Kier molecular flexibility index (Phi) is 4.69. The maximum atomic E-state index is 6.05. The van der Waals surface area contributed by atoms with E-state index in [9.17, 15) is 0 Å². The number of para-hydroxylation sites is 1. The number of thiazole rings is 1. The summed E-state index contributed by atoms with van der Waals surface area (Å²) in [6.45, 7) is 1.97. The zero-order valence-electron chi connectivity index (χ0n) is 14.1. The number of benzene rings is 2. The van der Waals surface area contributed by atoms with Crippen LogP contribution < -0.4 is 4.80 Å². The molecule has 4 aromatic rings. The van der Waals surface area contributed by atoms with Gasteiger partial charge in [-0.15, -0.1) is 11.3 Å². The van der Waals surface area contributed by atoms with E-state index in [1.807, 2.05) is 67.6 Å². The average Bonchev–Trinajstić information content (AvgIpc) is 3.06. The van der Waals surface area contributed by atoms with E-state index in [-0.39, 0.29) is 0 Å². The van der Waals surface area contributed by atoms with Crippen molar-refractivity contribution in [3.63, 3.8) is 0 Å². The Bertz CT molecular complexity index is 1100. The second-order valence-corrected chi connectivity index (χ2v) is 7.10. The summed E-state index contributed by atoms with van der Waals surface area (Å²) in [7, 11) is 0. The van der Waals surface area contributed by atoms with Gasteiger partial charge < -0.3 is 0 Å². The summed E-state index contributed by atoms with van der Waals surface area (Å²) in [5, 5.41) is 2.84. The molecule has 128 valence electrons. The fraction of sp³-hybridized carbons (Fsp3) is 0.0476. The molecule has 0 saturated carbocycles. The third-order valence-corrected chi connectivity index (χ3v) is 5.02. The van der Waals surface area contributed by atoms with Gasteiger partial charge in [-0.25, -0.2) is 9.98 Å². The third kappa shape index (κ3) is 3.47. The minimum Gasteiger partial charge on any atom is -0.285 e. The zero-order valence-corrected chi connectivity index (χ0v) is 15.7. The molecular weight excluding hydrogens is 362 g/mol. The van der Waals surface area contributed by atoms with Crippen LogP contribution in [0.1, 0.15) is 5.69 Å². The van der Waals surface area contributed by atoms with Gasteiger partial charge in [-0.3, -0.25) is 4.57 Å². The molecule has 0 aliphatic carbocycles. The van der Waals surface area contributed by atoms with Crippen molar-refractivity contribution in [1.82, 2.24) is 9.55 Å². The van der Waals surface area contributed by atoms with Gasteiger partial charge in [0.15, 0.2) is 10.6 Å². The van der Waals surface area contributed by atoms with E-state index in [4.69, 9.17) is 16.6 Å². The summed E-state index contributed by atoms with van der Waals surface area (Å²) in [4.78, 5) is 10.2. The Labute approximate surface area is 160 Å². The molecule has 0 atom stereocenters. The Morgan fingerprint density at radius 2 is 1.69 bits per heavy atom. The van der Waals surface area contributed by atoms with E-state index >= 15 is 0 Å². The first-order chi connectivity index (χ1) is 12.7. The molecule has 5 heteroatoms. The lowest BCUT2D eigenvalue weighted by atomic mass is 10.1. The lowest BCUT2D eigenvalue weighted by molar-refractivity contribution is 1.00. The summed E-state index contributed by atoms with van der Waals surface area (Å²) in [6, 6.07) is 24.0. The van der Waals surface area contributed by atoms with Crippen molar-refractivity contribution < 1.29 is 0 Å². The van der Waals surface area contributed by atoms with Crippen molar-refractivity contribution in [2.24, 2.45) is 4.99 Å². The molecule has 2 heterocycles. The molecular formula is C21H16ClN3S. The van der Waals surface area contributed by atoms with Gasteiger partial charge in [0.1, 0.15) is 0 Å². The molecule has 3 nitrogen and oxygen atoms in total. The van der Waals surface area contributed by atoms with Crippen LogP contribution in [0, 0.1) is 6.92 Å². The van der Waals surface area contributed by atoms with Crippen LogP contribution in [-0.2, 0) is 0 Å². The van der Waals surface area contributed by atoms with Gasteiger partial charge in [-0.2, -0.15) is 0 Å². The van der Waals surface area contributed by atoms with Crippen molar-refractivity contribution in [1.29, 1.82) is 0 Å². The predicted octanol–water partition coefficient (Wildman–Crippen LogP) is 5.80. The van der Waals surface area contributed by atoms with Crippen molar-refractivity contribution in [2.45, 2.75) is 6.92 Å². The molecule has 0 aliphatic heterocycles. The second kappa shape index (κ2) is 7.28. The van der Waals surface area contributed by atoms with Gasteiger partial charge in [0.25, 0.3) is 0 Å². The highest BCUT2D eigenvalue weighted by atomic mass is 35.5. The first kappa shape index (κ1) is 16.8. The second-order valence-electron chi connectivity index (χ2n) is 5.83. The van der Waals surface area contributed by atoms with Crippen LogP contribution >= 0.6 is 22.9 Å². The van der Waals surface area contributed by atoms with E-state index in [0.29, 0.717) is 5.82 Å². The molecule has 0 bridgehead atoms. The van der Waals surface area contributed by atoms with Crippen LogP contribution in [0.4, 0.5) is 5.82 Å². The highest BCUT2D eigenvalue weighted by molar-refractivity contribution is 7.07. The summed E-state index contributed by atoms with van der Waals surface area (Å²) in [5.41, 5.74) is 4.18. The predicted molar refractivity (Wildman–Crippen MR) is 108 cm³/mol. The minimum atomic E-state index is 0.708. The molecule has 0 radical (unpaired) electrons. The molecule has 0 saturated heterocycles. The fourth-order valence-electron chi connectivity index (χ4n) is 2.73. The molecule has 2 aromatic carbocycles. The van der Waals surface area contributed by atoms with Crippen LogP contribution in [0.15, 0.2) is 83.2 Å². The summed E-state index contributed by atoms with van der Waals surface area (Å²) in [5.74, 6) is 0.708. The monoisotopic (exact) mass is 377 g/mol. The highest BCUT2D eigenvalue weighted by Crippen LogP contribution is 2.25. The Morgan fingerprint density at radius 1 is 0.923 bits per heavy atom. The number of halogens is 1. The number of hydrogen-bond acceptors (Lipinski definition) is 3. The van der Waals surface area contributed by atoms with Gasteiger partial charge in [-0.05, 0) is 48.9 Å². The average molecular weight is 378 g/mol. The Hall–Kier alpha value is -2.69. The smallest absolute Gasteiger partial charge is 0.196 e. The van der Waals surface area contributed by atoms with Crippen molar-refractivity contribution in [2.75, 3.05) is 0 Å². The lowest BCUT2D eigenvalue weighted by Gasteiger charge is -2.09. The molecule has 0 aliphatic rings. The van der Waals surface area contributed by atoms with Crippen LogP contribution in [-0.4, -0.2) is 9.55 Å². The van der Waals surface area contributed by atoms with Gasteiger partial charge in [0, 0.05) is 21.8 Å². The number of pyridine rings is 1. The van der Waals surface area contributed by atoms with E-state index in [2.05, 4.69) is 27.1 Å². The van der Waals surface area contributed by atoms with Gasteiger partial charge in [0.05, 0.1) is 5.69 Å². The fourth-order valence-corrected chi connectivity index (χ4v) is 3.77. The number of aromatic nitrogens is 2. The zero-order chi connectivity index (χ0) is 17.9. The van der Waals surface area contributed by atoms with Crippen LogP contribution in [0.5, 0.6) is 0 Å². The molecule has 0 spiro atoms. The van der Waals surface area contributed by atoms with E-state index in [0.717, 1.165) is 32.5 Å². The van der Waals surface area contributed by atoms with Gasteiger partial charge in [-0.1, -0.05) is 48.0 Å². The summed E-state index contributed by atoms with van der Waals surface area (Å²) < 4.78 is 2.15. The molecule has 0 unspecified atom stereocenters. The number of hydrogen-bond donors (Lipinski definition) is 0. The van der Waals surface area contributed by atoms with E-state index in [1.54, 1.807) is 11.3 Å². The molecule has 2 aromatic heterocycles. The summed E-state index contributed by atoms with van der Waals surface area (Å²) >= 11 is 7.65. The SMILES string of the molecule is Cc1cccc(/N=c2/scc(-c3ccc(Cl)cc3)n2-c2ccccc2)n1. The minimum absolute atomic E-state index is 0.708. The Balaban J connectivity index is 1.94. The standard InChI is InChI=1S/C21H16ClN3S/c1-15-6-5-9-20(23-15)24-21-25(18-7-3-2-4-8-18)19(14-26-21)16-10-12-17(22)13-11-16/h2-14H,1H3/b24-21+. The number of nitrogens with zero attached hydrogens (tertiary/aromatic N) is 3. The van der Waals surface area contributed by atoms with Gasteiger partial charge in [0.2, 0.25) is 0 Å². The van der Waals surface area contributed by atoms with Crippen LogP contribution in [0.3, 0.4) is 0 Å². The Morgan fingerprint density at radius 3 is 2.42 bits per heavy atom. The first-order valence-electron chi connectivity index (χ1n) is 8.21. The molecule has 0 N–H and O–H groups in total. The van der Waals surface area contributed by atoms with E-state index < -0.39 is 0 Å². The first-order valence-corrected chi connectivity index (χ1v) is 9.47. The lowest BCUT2D eigenvalue weighted by Crippen LogP contribution is -2.13. The maximum Gasteiger partial charge on any atom is 0.196 e. The number of rotatable bonds is 3. The topological polar surface area (TPSA) is 30.2 Å². The quantitative estimate of drug-likeness (QED) is 0.444. The molecule has 0 amide bonds. The van der Waals surface area contributed by atoms with Crippen LogP contribution in [0.25, 0.3) is 16.9 Å². The van der Waals surface area contributed by atoms with Crippen LogP contribution in [0.2, 0.25) is 5.02 Å². The third-order valence-electron chi connectivity index (χ3n) is 3.95. The normalized spacial score (nSPS) is 11.7. The summed E-state index contributed by atoms with van der Waals surface area (Å²) in [6.07, 6.45) is 0. The van der Waals surface area contributed by atoms with Crippen molar-refractivity contribution in [3.8, 4) is 16.9 Å². The molecule has 26 heavy (non-hydrogen) atoms.